The van der Waals surface area contributed by atoms with E-state index in [1.807, 2.05) is 23.6 Å². The Kier molecular flexibility index (Phi) is 8.33. The van der Waals surface area contributed by atoms with E-state index in [2.05, 4.69) is 5.32 Å². The van der Waals surface area contributed by atoms with Crippen molar-refractivity contribution in [2.24, 2.45) is 5.92 Å². The van der Waals surface area contributed by atoms with Gasteiger partial charge in [-0.1, -0.05) is 56.5 Å². The molecule has 0 bridgehead atoms. The summed E-state index contributed by atoms with van der Waals surface area (Å²) < 4.78 is 22.7. The highest BCUT2D eigenvalue weighted by atomic mass is 35.5. The van der Waals surface area contributed by atoms with Crippen LogP contribution in [0.3, 0.4) is 0 Å². The van der Waals surface area contributed by atoms with E-state index in [4.69, 9.17) is 21.3 Å². The first-order chi connectivity index (χ1) is 18.0. The second-order valence-electron chi connectivity index (χ2n) is 10.8. The van der Waals surface area contributed by atoms with Gasteiger partial charge < -0.3 is 14.6 Å². The zero-order valence-electron chi connectivity index (χ0n) is 21.6. The highest BCUT2D eigenvalue weighted by Gasteiger charge is 2.35. The van der Waals surface area contributed by atoms with Crippen molar-refractivity contribution in [3.05, 3.63) is 58.6 Å². The third-order valence-corrected chi connectivity index (χ3v) is 8.30. The van der Waals surface area contributed by atoms with Crippen LogP contribution in [0, 0.1) is 18.7 Å². The Morgan fingerprint density at radius 3 is 2.49 bits per heavy atom. The van der Waals surface area contributed by atoms with Gasteiger partial charge in [0.15, 0.2) is 0 Å². The predicted molar refractivity (Wildman–Crippen MR) is 145 cm³/mol. The average molecular weight is 526 g/mol. The van der Waals surface area contributed by atoms with E-state index in [0.29, 0.717) is 27.6 Å². The molecule has 2 aliphatic rings. The zero-order valence-corrected chi connectivity index (χ0v) is 22.4. The Hall–Kier alpha value is -2.60. The lowest BCUT2D eigenvalue weighted by Gasteiger charge is -2.31. The molecule has 7 heteroatoms. The summed E-state index contributed by atoms with van der Waals surface area (Å²) in [5.41, 5.74) is 2.26. The first kappa shape index (κ1) is 26.0. The van der Waals surface area contributed by atoms with Crippen molar-refractivity contribution < 1.29 is 13.9 Å². The molecule has 5 nitrogen and oxygen atoms in total. The van der Waals surface area contributed by atoms with Crippen molar-refractivity contribution in [1.82, 2.24) is 14.9 Å². The number of rotatable bonds is 7. The van der Waals surface area contributed by atoms with Gasteiger partial charge in [0.05, 0.1) is 11.0 Å². The number of aryl methyl sites for hydroxylation is 1. The normalized spacial score (nSPS) is 18.5. The SMILES string of the molecule is Cc1cc(Cl)ccc1OCc1nc2ccc(F)cc2n1C(C(=O)NC1CCCCC1)C1CCCCCC1. The largest absolute Gasteiger partial charge is 0.485 e. The Labute approximate surface area is 223 Å². The highest BCUT2D eigenvalue weighted by Crippen LogP contribution is 2.36. The van der Waals surface area contributed by atoms with Gasteiger partial charge >= 0.3 is 0 Å². The summed E-state index contributed by atoms with van der Waals surface area (Å²) in [4.78, 5) is 18.9. The van der Waals surface area contributed by atoms with Crippen molar-refractivity contribution in [1.29, 1.82) is 0 Å². The van der Waals surface area contributed by atoms with Crippen LogP contribution in [-0.4, -0.2) is 21.5 Å². The van der Waals surface area contributed by atoms with Crippen molar-refractivity contribution in [2.45, 2.75) is 96.2 Å². The summed E-state index contributed by atoms with van der Waals surface area (Å²) >= 11 is 6.13. The molecule has 3 aromatic rings. The molecule has 2 aliphatic carbocycles. The van der Waals surface area contributed by atoms with Crippen molar-refractivity contribution >= 4 is 28.5 Å². The molecular weight excluding hydrogens is 489 g/mol. The number of carbonyl (C=O) groups is 1. The Morgan fingerprint density at radius 1 is 1.05 bits per heavy atom. The van der Waals surface area contributed by atoms with Gasteiger partial charge in [0, 0.05) is 11.1 Å². The van der Waals surface area contributed by atoms with Crippen molar-refractivity contribution in [3.8, 4) is 5.75 Å². The minimum Gasteiger partial charge on any atom is -0.485 e. The van der Waals surface area contributed by atoms with E-state index in [-0.39, 0.29) is 30.3 Å². The standard InChI is InChI=1S/C30H37ClFN3O2/c1-20-17-22(31)13-16-27(20)37-19-28-34-25-15-14-23(32)18-26(25)35(28)29(21-9-5-2-3-6-10-21)30(36)33-24-11-7-4-8-12-24/h13-18,21,24,29H,2-12,19H2,1H3,(H,33,36). The molecule has 1 unspecified atom stereocenters. The van der Waals surface area contributed by atoms with Crippen LogP contribution < -0.4 is 10.1 Å². The number of ether oxygens (including phenoxy) is 1. The molecule has 0 aliphatic heterocycles. The number of imidazole rings is 1. The first-order valence-corrected chi connectivity index (χ1v) is 14.2. The number of nitrogens with one attached hydrogen (secondary N) is 1. The molecule has 1 N–H and O–H groups in total. The lowest BCUT2D eigenvalue weighted by Crippen LogP contribution is -2.43. The van der Waals surface area contributed by atoms with E-state index in [1.54, 1.807) is 12.1 Å². The van der Waals surface area contributed by atoms with E-state index >= 15 is 0 Å². The third-order valence-electron chi connectivity index (χ3n) is 8.06. The minimum absolute atomic E-state index is 0.0336. The van der Waals surface area contributed by atoms with E-state index < -0.39 is 6.04 Å². The van der Waals surface area contributed by atoms with Gasteiger partial charge in [-0.25, -0.2) is 9.37 Å². The number of aromatic nitrogens is 2. The molecule has 2 saturated carbocycles. The Balaban J connectivity index is 1.54. The van der Waals surface area contributed by atoms with Crippen molar-refractivity contribution in [2.75, 3.05) is 0 Å². The van der Waals surface area contributed by atoms with Gasteiger partial charge in [-0.05, 0) is 80.5 Å². The topological polar surface area (TPSA) is 56.2 Å². The fourth-order valence-electron chi connectivity index (χ4n) is 6.15. The summed E-state index contributed by atoms with van der Waals surface area (Å²) in [6.07, 6.45) is 12.1. The van der Waals surface area contributed by atoms with Crippen LogP contribution in [0.4, 0.5) is 4.39 Å². The maximum Gasteiger partial charge on any atom is 0.243 e. The van der Waals surface area contributed by atoms with Crippen molar-refractivity contribution in [3.63, 3.8) is 0 Å². The minimum atomic E-state index is -0.447. The predicted octanol–water partition coefficient (Wildman–Crippen LogP) is 7.68. The molecule has 37 heavy (non-hydrogen) atoms. The summed E-state index contributed by atoms with van der Waals surface area (Å²) in [7, 11) is 0. The van der Waals surface area contributed by atoms with Crippen LogP contribution in [0.15, 0.2) is 36.4 Å². The smallest absolute Gasteiger partial charge is 0.243 e. The number of amides is 1. The lowest BCUT2D eigenvalue weighted by molar-refractivity contribution is -0.127. The van der Waals surface area contributed by atoms with Crippen LogP contribution in [0.5, 0.6) is 5.75 Å². The molecule has 1 atom stereocenters. The zero-order chi connectivity index (χ0) is 25.8. The molecule has 198 valence electrons. The monoisotopic (exact) mass is 525 g/mol. The van der Waals surface area contributed by atoms with E-state index in [1.165, 1.54) is 31.4 Å². The number of fused-ring (bicyclic) bond motifs is 1. The quantitative estimate of drug-likeness (QED) is 0.322. The number of halogens is 2. The summed E-state index contributed by atoms with van der Waals surface area (Å²) in [6, 6.07) is 9.90. The first-order valence-electron chi connectivity index (χ1n) is 13.9. The molecule has 0 radical (unpaired) electrons. The van der Waals surface area contributed by atoms with E-state index in [9.17, 15) is 9.18 Å². The van der Waals surface area contributed by atoms with Crippen LogP contribution in [-0.2, 0) is 11.4 Å². The maximum absolute atomic E-state index is 14.5. The second-order valence-corrected chi connectivity index (χ2v) is 11.2. The van der Waals surface area contributed by atoms with Gasteiger partial charge in [0.2, 0.25) is 5.91 Å². The molecule has 1 aromatic heterocycles. The van der Waals surface area contributed by atoms with Crippen LogP contribution in [0.2, 0.25) is 5.02 Å². The van der Waals surface area contributed by atoms with Gasteiger partial charge in [0.25, 0.3) is 0 Å². The molecule has 2 fully saturated rings. The molecule has 5 rings (SSSR count). The fourth-order valence-corrected chi connectivity index (χ4v) is 6.37. The molecule has 2 aromatic carbocycles. The molecule has 1 amide bonds. The van der Waals surface area contributed by atoms with Gasteiger partial charge in [-0.15, -0.1) is 0 Å². The maximum atomic E-state index is 14.5. The van der Waals surface area contributed by atoms with Crippen LogP contribution >= 0.6 is 11.6 Å². The van der Waals surface area contributed by atoms with Crippen LogP contribution in [0.1, 0.15) is 88.1 Å². The summed E-state index contributed by atoms with van der Waals surface area (Å²) in [5, 5.41) is 4.04. The second kappa shape index (κ2) is 11.8. The average Bonchev–Trinajstić information content (AvgIpc) is 3.03. The third kappa shape index (κ3) is 6.11. The molecule has 0 saturated heterocycles. The van der Waals surface area contributed by atoms with E-state index in [0.717, 1.165) is 56.9 Å². The van der Waals surface area contributed by atoms with Crippen LogP contribution in [0.25, 0.3) is 11.0 Å². The lowest BCUT2D eigenvalue weighted by atomic mass is 9.89. The Morgan fingerprint density at radius 2 is 1.76 bits per heavy atom. The van der Waals surface area contributed by atoms with Gasteiger partial charge in [-0.2, -0.15) is 0 Å². The summed E-state index contributed by atoms with van der Waals surface area (Å²) in [5.74, 6) is 1.23. The van der Waals surface area contributed by atoms with Gasteiger partial charge in [0.1, 0.15) is 30.0 Å². The van der Waals surface area contributed by atoms with Gasteiger partial charge in [-0.3, -0.25) is 4.79 Å². The number of benzene rings is 2. The number of nitrogens with zero attached hydrogens (tertiary/aromatic N) is 2. The fraction of sp³-hybridized carbons (Fsp3) is 0.533. The Bertz CT molecular complexity index is 1230. The molecule has 0 spiro atoms. The highest BCUT2D eigenvalue weighted by molar-refractivity contribution is 6.30. The summed E-state index contributed by atoms with van der Waals surface area (Å²) in [6.45, 7) is 2.13. The number of hydrogen-bond donors (Lipinski definition) is 1. The number of carbonyl (C=O) groups excluding carboxylic acids is 1. The molecular formula is C30H37ClFN3O2. The molecule has 1 heterocycles. The number of hydrogen-bond acceptors (Lipinski definition) is 3.